The van der Waals surface area contributed by atoms with E-state index >= 15 is 0 Å². The molecular weight excluding hydrogens is 230 g/mol. The number of aliphatic imine (C=N–C) groups is 1. The molecule has 0 aliphatic carbocycles. The molecule has 0 spiro atoms. The molecule has 0 amide bonds. The largest absolute Gasteiger partial charge is 0.370 e. The molecule has 1 aliphatic rings. The Labute approximate surface area is 85.4 Å². The summed E-state index contributed by atoms with van der Waals surface area (Å²) in [6, 6.07) is 3.92. The molecule has 0 atom stereocenters. The molecule has 1 aliphatic heterocycles. The lowest BCUT2D eigenvalue weighted by atomic mass is 10.2. The fraction of sp³-hybridized carbons (Fsp3) is 0.333. The van der Waals surface area contributed by atoms with Gasteiger partial charge in [0.1, 0.15) is 10.4 Å². The van der Waals surface area contributed by atoms with Crippen molar-refractivity contribution < 1.29 is 0 Å². The maximum Gasteiger partial charge on any atom is 0.131 e. The summed E-state index contributed by atoms with van der Waals surface area (Å²) in [7, 11) is 0. The van der Waals surface area contributed by atoms with Gasteiger partial charge in [0.05, 0.1) is 0 Å². The average Bonchev–Trinajstić information content (AvgIpc) is 2.20. The standard InChI is InChI=1S/C9H10BrN3/c10-8-7(3-1-4-11-8)9-12-5-2-6-13-9/h1,3-4H,2,5-6H2,(H,12,13). The second kappa shape index (κ2) is 3.87. The van der Waals surface area contributed by atoms with Crippen molar-refractivity contribution in [3.05, 3.63) is 28.5 Å². The summed E-state index contributed by atoms with van der Waals surface area (Å²) in [5.74, 6) is 0.950. The van der Waals surface area contributed by atoms with Crippen molar-refractivity contribution in [3.8, 4) is 0 Å². The van der Waals surface area contributed by atoms with Crippen LogP contribution < -0.4 is 5.32 Å². The van der Waals surface area contributed by atoms with E-state index in [-0.39, 0.29) is 0 Å². The number of hydrogen-bond acceptors (Lipinski definition) is 3. The molecule has 3 nitrogen and oxygen atoms in total. The number of nitrogens with zero attached hydrogens (tertiary/aromatic N) is 2. The highest BCUT2D eigenvalue weighted by atomic mass is 79.9. The molecule has 4 heteroatoms. The van der Waals surface area contributed by atoms with E-state index in [0.29, 0.717) is 0 Å². The number of halogens is 1. The van der Waals surface area contributed by atoms with Crippen molar-refractivity contribution in [2.24, 2.45) is 4.99 Å². The third-order valence-electron chi connectivity index (χ3n) is 1.91. The molecule has 1 N–H and O–H groups in total. The molecule has 2 heterocycles. The van der Waals surface area contributed by atoms with E-state index in [1.54, 1.807) is 6.20 Å². The quantitative estimate of drug-likeness (QED) is 0.757. The monoisotopic (exact) mass is 239 g/mol. The first-order chi connectivity index (χ1) is 6.38. The molecule has 0 saturated carbocycles. The van der Waals surface area contributed by atoms with E-state index in [2.05, 4.69) is 31.2 Å². The second-order valence-electron chi connectivity index (χ2n) is 2.85. The van der Waals surface area contributed by atoms with Gasteiger partial charge in [0.2, 0.25) is 0 Å². The third kappa shape index (κ3) is 1.88. The van der Waals surface area contributed by atoms with Gasteiger partial charge < -0.3 is 5.32 Å². The van der Waals surface area contributed by atoms with Crippen LogP contribution >= 0.6 is 15.9 Å². The fourth-order valence-corrected chi connectivity index (χ4v) is 1.71. The van der Waals surface area contributed by atoms with Crippen molar-refractivity contribution in [2.75, 3.05) is 13.1 Å². The van der Waals surface area contributed by atoms with E-state index in [1.165, 1.54) is 0 Å². The van der Waals surface area contributed by atoms with Gasteiger partial charge in [-0.15, -0.1) is 0 Å². The predicted molar refractivity (Wildman–Crippen MR) is 56.0 cm³/mol. The zero-order valence-corrected chi connectivity index (χ0v) is 8.71. The van der Waals surface area contributed by atoms with Crippen LogP contribution in [0.15, 0.2) is 27.9 Å². The Morgan fingerprint density at radius 3 is 3.08 bits per heavy atom. The zero-order chi connectivity index (χ0) is 9.10. The van der Waals surface area contributed by atoms with Crippen LogP contribution in [0.3, 0.4) is 0 Å². The van der Waals surface area contributed by atoms with Gasteiger partial charge in [-0.25, -0.2) is 4.98 Å². The van der Waals surface area contributed by atoms with Gasteiger partial charge in [-0.1, -0.05) is 0 Å². The fourth-order valence-electron chi connectivity index (χ4n) is 1.28. The highest BCUT2D eigenvalue weighted by molar-refractivity contribution is 9.10. The first kappa shape index (κ1) is 8.69. The first-order valence-corrected chi connectivity index (χ1v) is 5.06. The molecule has 0 saturated heterocycles. The van der Waals surface area contributed by atoms with E-state index in [1.807, 2.05) is 12.1 Å². The number of pyridine rings is 1. The minimum Gasteiger partial charge on any atom is -0.370 e. The maximum atomic E-state index is 4.40. The predicted octanol–water partition coefficient (Wildman–Crippen LogP) is 1.58. The summed E-state index contributed by atoms with van der Waals surface area (Å²) in [5.41, 5.74) is 1.04. The van der Waals surface area contributed by atoms with Crippen LogP contribution in [0.25, 0.3) is 0 Å². The summed E-state index contributed by atoms with van der Waals surface area (Å²) in [4.78, 5) is 8.55. The van der Waals surface area contributed by atoms with Crippen LogP contribution in [0.4, 0.5) is 0 Å². The Morgan fingerprint density at radius 1 is 1.46 bits per heavy atom. The SMILES string of the molecule is Brc1ncccc1C1=NCCCN1. The van der Waals surface area contributed by atoms with Crippen molar-refractivity contribution in [3.63, 3.8) is 0 Å². The van der Waals surface area contributed by atoms with E-state index in [9.17, 15) is 0 Å². The summed E-state index contributed by atoms with van der Waals surface area (Å²) in [6.07, 6.45) is 2.87. The van der Waals surface area contributed by atoms with Crippen molar-refractivity contribution in [1.82, 2.24) is 10.3 Å². The number of amidine groups is 1. The Hall–Kier alpha value is -0.900. The van der Waals surface area contributed by atoms with Gasteiger partial charge in [0.25, 0.3) is 0 Å². The summed E-state index contributed by atoms with van der Waals surface area (Å²) in [6.45, 7) is 1.91. The molecule has 0 bridgehead atoms. The smallest absolute Gasteiger partial charge is 0.131 e. The van der Waals surface area contributed by atoms with Crippen molar-refractivity contribution in [2.45, 2.75) is 6.42 Å². The van der Waals surface area contributed by atoms with E-state index in [4.69, 9.17) is 0 Å². The van der Waals surface area contributed by atoms with Crippen molar-refractivity contribution >= 4 is 21.8 Å². The van der Waals surface area contributed by atoms with Crippen LogP contribution in [-0.4, -0.2) is 23.9 Å². The van der Waals surface area contributed by atoms with Gasteiger partial charge >= 0.3 is 0 Å². The van der Waals surface area contributed by atoms with Gasteiger partial charge in [-0.2, -0.15) is 0 Å². The molecule has 0 fully saturated rings. The number of aromatic nitrogens is 1. The highest BCUT2D eigenvalue weighted by Crippen LogP contribution is 2.13. The Bertz CT molecular complexity index is 335. The lowest BCUT2D eigenvalue weighted by Gasteiger charge is -2.14. The topological polar surface area (TPSA) is 37.3 Å². The van der Waals surface area contributed by atoms with Gasteiger partial charge in [0.15, 0.2) is 0 Å². The molecule has 1 aromatic rings. The molecule has 13 heavy (non-hydrogen) atoms. The van der Waals surface area contributed by atoms with Crippen LogP contribution in [-0.2, 0) is 0 Å². The average molecular weight is 240 g/mol. The second-order valence-corrected chi connectivity index (χ2v) is 3.60. The lowest BCUT2D eigenvalue weighted by Crippen LogP contribution is -2.30. The molecular formula is C9H10BrN3. The number of hydrogen-bond donors (Lipinski definition) is 1. The minimum absolute atomic E-state index is 0.850. The van der Waals surface area contributed by atoms with Gasteiger partial charge in [-0.3, -0.25) is 4.99 Å². The van der Waals surface area contributed by atoms with Crippen LogP contribution in [0.2, 0.25) is 0 Å². The molecule has 1 aromatic heterocycles. The molecule has 0 radical (unpaired) electrons. The van der Waals surface area contributed by atoms with Crippen LogP contribution in [0.5, 0.6) is 0 Å². The van der Waals surface area contributed by atoms with Crippen molar-refractivity contribution in [1.29, 1.82) is 0 Å². The molecule has 2 rings (SSSR count). The number of nitrogens with one attached hydrogen (secondary N) is 1. The third-order valence-corrected chi connectivity index (χ3v) is 2.54. The van der Waals surface area contributed by atoms with Crippen LogP contribution in [0.1, 0.15) is 12.0 Å². The molecule has 68 valence electrons. The van der Waals surface area contributed by atoms with E-state index in [0.717, 1.165) is 35.5 Å². The molecule has 0 unspecified atom stereocenters. The maximum absolute atomic E-state index is 4.40. The van der Waals surface area contributed by atoms with Crippen LogP contribution in [0, 0.1) is 0 Å². The molecule has 0 aromatic carbocycles. The van der Waals surface area contributed by atoms with Gasteiger partial charge in [-0.05, 0) is 34.5 Å². The Kier molecular flexibility index (Phi) is 2.59. The summed E-state index contributed by atoms with van der Waals surface area (Å²) in [5, 5.41) is 3.26. The first-order valence-electron chi connectivity index (χ1n) is 4.27. The highest BCUT2D eigenvalue weighted by Gasteiger charge is 2.09. The Balaban J connectivity index is 2.34. The van der Waals surface area contributed by atoms with Gasteiger partial charge in [0, 0.05) is 24.8 Å². The van der Waals surface area contributed by atoms with E-state index < -0.39 is 0 Å². The summed E-state index contributed by atoms with van der Waals surface area (Å²) < 4.78 is 0.850. The minimum atomic E-state index is 0.850. The number of rotatable bonds is 1. The normalized spacial score (nSPS) is 16.2. The lowest BCUT2D eigenvalue weighted by molar-refractivity contribution is 0.742. The Morgan fingerprint density at radius 2 is 2.38 bits per heavy atom. The summed E-state index contributed by atoms with van der Waals surface area (Å²) >= 11 is 3.40. The zero-order valence-electron chi connectivity index (χ0n) is 7.13.